The Labute approximate surface area is 91.2 Å². The molecule has 0 unspecified atom stereocenters. The molecule has 0 bridgehead atoms. The molecule has 0 fully saturated rings. The van der Waals surface area contributed by atoms with Gasteiger partial charge in [0.1, 0.15) is 0 Å². The van der Waals surface area contributed by atoms with Crippen LogP contribution in [0.4, 0.5) is 0 Å². The number of hydrogen-bond donors (Lipinski definition) is 0. The summed E-state index contributed by atoms with van der Waals surface area (Å²) < 4.78 is 0. The van der Waals surface area contributed by atoms with Crippen molar-refractivity contribution < 1.29 is 0 Å². The Morgan fingerprint density at radius 2 is 2.00 bits per heavy atom. The highest BCUT2D eigenvalue weighted by atomic mass is 14.6. The summed E-state index contributed by atoms with van der Waals surface area (Å²) in [6, 6.07) is 8.75. The normalized spacial score (nSPS) is 10.7. The van der Waals surface area contributed by atoms with E-state index in [1.54, 1.807) is 0 Å². The van der Waals surface area contributed by atoms with E-state index >= 15 is 0 Å². The lowest BCUT2D eigenvalue weighted by Crippen LogP contribution is -1.85. The summed E-state index contributed by atoms with van der Waals surface area (Å²) in [6.45, 7) is 2.24. The molecule has 1 heterocycles. The van der Waals surface area contributed by atoms with Gasteiger partial charge in [0.15, 0.2) is 0 Å². The molecule has 1 aromatic carbocycles. The molecular weight excluding hydrogens is 182 g/mol. The Morgan fingerprint density at radius 3 is 2.87 bits per heavy atom. The maximum Gasteiger partial charge on any atom is 0.0346 e. The van der Waals surface area contributed by atoms with Crippen LogP contribution in [0.3, 0.4) is 0 Å². The molecule has 0 atom stereocenters. The van der Waals surface area contributed by atoms with E-state index in [4.69, 9.17) is 0 Å². The van der Waals surface area contributed by atoms with Crippen molar-refractivity contribution in [2.45, 2.75) is 32.6 Å². The molecule has 0 N–H and O–H groups in total. The lowest BCUT2D eigenvalue weighted by atomic mass is 10.0. The lowest BCUT2D eigenvalue weighted by Gasteiger charge is -2.02. The molecule has 0 aliphatic rings. The Hall–Kier alpha value is -1.37. The summed E-state index contributed by atoms with van der Waals surface area (Å²) in [5.41, 5.74) is 1.43. The van der Waals surface area contributed by atoms with E-state index in [1.165, 1.54) is 42.0 Å². The first-order valence-electron chi connectivity index (χ1n) is 5.73. The molecule has 0 spiro atoms. The van der Waals surface area contributed by atoms with Crippen molar-refractivity contribution >= 4 is 10.8 Å². The molecule has 1 nitrogen and oxygen atoms in total. The van der Waals surface area contributed by atoms with Crippen LogP contribution < -0.4 is 0 Å². The maximum atomic E-state index is 4.15. The lowest BCUT2D eigenvalue weighted by molar-refractivity contribution is 0.718. The third kappa shape index (κ3) is 2.56. The Kier molecular flexibility index (Phi) is 3.33. The molecule has 0 saturated heterocycles. The van der Waals surface area contributed by atoms with Gasteiger partial charge >= 0.3 is 0 Å². The molecule has 0 amide bonds. The maximum absolute atomic E-state index is 4.15. The van der Waals surface area contributed by atoms with Gasteiger partial charge in [0.05, 0.1) is 0 Å². The third-order valence-electron chi connectivity index (χ3n) is 2.77. The van der Waals surface area contributed by atoms with Crippen LogP contribution in [0.15, 0.2) is 36.7 Å². The fraction of sp³-hybridized carbons (Fsp3) is 0.357. The van der Waals surface area contributed by atoms with Gasteiger partial charge in [-0.2, -0.15) is 0 Å². The highest BCUT2D eigenvalue weighted by molar-refractivity contribution is 5.81. The number of unbranched alkanes of at least 4 members (excludes halogenated alkanes) is 2. The van der Waals surface area contributed by atoms with Crippen LogP contribution in [0.25, 0.3) is 10.8 Å². The molecule has 2 rings (SSSR count). The van der Waals surface area contributed by atoms with E-state index < -0.39 is 0 Å². The summed E-state index contributed by atoms with van der Waals surface area (Å²) in [7, 11) is 0. The quantitative estimate of drug-likeness (QED) is 0.679. The largest absolute Gasteiger partial charge is 0.264 e. The number of nitrogens with zero attached hydrogens (tertiary/aromatic N) is 1. The van der Waals surface area contributed by atoms with E-state index in [1.807, 2.05) is 12.4 Å². The number of benzene rings is 1. The SMILES string of the molecule is CCCCCc1ccc2ccncc2c1. The van der Waals surface area contributed by atoms with Gasteiger partial charge in [-0.1, -0.05) is 31.9 Å². The van der Waals surface area contributed by atoms with Gasteiger partial charge in [0.25, 0.3) is 0 Å². The number of pyridine rings is 1. The first-order chi connectivity index (χ1) is 7.40. The Morgan fingerprint density at radius 1 is 1.07 bits per heavy atom. The van der Waals surface area contributed by atoms with Gasteiger partial charge in [-0.25, -0.2) is 0 Å². The zero-order valence-electron chi connectivity index (χ0n) is 9.24. The smallest absolute Gasteiger partial charge is 0.0346 e. The van der Waals surface area contributed by atoms with Gasteiger partial charge < -0.3 is 0 Å². The minimum atomic E-state index is 1.19. The molecular formula is C14H17N. The van der Waals surface area contributed by atoms with E-state index in [9.17, 15) is 0 Å². The van der Waals surface area contributed by atoms with Gasteiger partial charge in [-0.3, -0.25) is 4.98 Å². The van der Waals surface area contributed by atoms with Crippen molar-refractivity contribution in [1.82, 2.24) is 4.98 Å². The van der Waals surface area contributed by atoms with Crippen LogP contribution in [0, 0.1) is 0 Å². The summed E-state index contributed by atoms with van der Waals surface area (Å²) in [5.74, 6) is 0. The highest BCUT2D eigenvalue weighted by Crippen LogP contribution is 2.16. The predicted molar refractivity (Wildman–Crippen MR) is 65.0 cm³/mol. The summed E-state index contributed by atoms with van der Waals surface area (Å²) >= 11 is 0. The monoisotopic (exact) mass is 199 g/mol. The molecule has 1 heteroatoms. The summed E-state index contributed by atoms with van der Waals surface area (Å²) in [6.07, 6.45) is 8.89. The molecule has 0 aliphatic carbocycles. The number of aryl methyl sites for hydroxylation is 1. The van der Waals surface area contributed by atoms with Crippen LogP contribution in [0.1, 0.15) is 31.7 Å². The molecule has 0 radical (unpaired) electrons. The van der Waals surface area contributed by atoms with Crippen molar-refractivity contribution in [3.63, 3.8) is 0 Å². The molecule has 15 heavy (non-hydrogen) atoms. The average Bonchev–Trinajstić information content (AvgIpc) is 2.29. The first kappa shape index (κ1) is 10.2. The van der Waals surface area contributed by atoms with Crippen molar-refractivity contribution in [1.29, 1.82) is 0 Å². The zero-order chi connectivity index (χ0) is 10.5. The summed E-state index contributed by atoms with van der Waals surface area (Å²) in [5, 5.41) is 2.54. The van der Waals surface area contributed by atoms with Crippen LogP contribution >= 0.6 is 0 Å². The van der Waals surface area contributed by atoms with Crippen molar-refractivity contribution in [2.75, 3.05) is 0 Å². The Balaban J connectivity index is 2.16. The molecule has 0 aliphatic heterocycles. The third-order valence-corrected chi connectivity index (χ3v) is 2.77. The van der Waals surface area contributed by atoms with Crippen LogP contribution in [0.5, 0.6) is 0 Å². The van der Waals surface area contributed by atoms with E-state index in [0.29, 0.717) is 0 Å². The minimum absolute atomic E-state index is 1.19. The van der Waals surface area contributed by atoms with Crippen molar-refractivity contribution in [2.24, 2.45) is 0 Å². The average molecular weight is 199 g/mol. The summed E-state index contributed by atoms with van der Waals surface area (Å²) in [4.78, 5) is 4.15. The minimum Gasteiger partial charge on any atom is -0.264 e. The van der Waals surface area contributed by atoms with Gasteiger partial charge in [0, 0.05) is 17.8 Å². The molecule has 78 valence electrons. The van der Waals surface area contributed by atoms with Gasteiger partial charge in [0.2, 0.25) is 0 Å². The number of hydrogen-bond acceptors (Lipinski definition) is 1. The second kappa shape index (κ2) is 4.92. The number of rotatable bonds is 4. The second-order valence-electron chi connectivity index (χ2n) is 4.01. The van der Waals surface area contributed by atoms with Crippen LogP contribution in [-0.4, -0.2) is 4.98 Å². The second-order valence-corrected chi connectivity index (χ2v) is 4.01. The topological polar surface area (TPSA) is 12.9 Å². The zero-order valence-corrected chi connectivity index (χ0v) is 9.24. The fourth-order valence-electron chi connectivity index (χ4n) is 1.87. The van der Waals surface area contributed by atoms with Crippen LogP contribution in [0.2, 0.25) is 0 Å². The van der Waals surface area contributed by atoms with Crippen LogP contribution in [-0.2, 0) is 6.42 Å². The van der Waals surface area contributed by atoms with E-state index in [-0.39, 0.29) is 0 Å². The van der Waals surface area contributed by atoms with Crippen molar-refractivity contribution in [3.05, 3.63) is 42.2 Å². The first-order valence-corrected chi connectivity index (χ1v) is 5.73. The van der Waals surface area contributed by atoms with Gasteiger partial charge in [-0.05, 0) is 35.9 Å². The predicted octanol–water partition coefficient (Wildman–Crippen LogP) is 3.97. The molecule has 0 saturated carbocycles. The molecule has 2 aromatic rings. The number of aromatic nitrogens is 1. The Bertz CT molecular complexity index is 434. The van der Waals surface area contributed by atoms with E-state index in [0.717, 1.165) is 0 Å². The standard InChI is InChI=1S/C14H17N/c1-2-3-4-5-12-6-7-13-8-9-15-11-14(13)10-12/h6-11H,2-5H2,1H3. The number of fused-ring (bicyclic) bond motifs is 1. The fourth-order valence-corrected chi connectivity index (χ4v) is 1.87. The van der Waals surface area contributed by atoms with E-state index in [2.05, 4.69) is 36.2 Å². The van der Waals surface area contributed by atoms with Crippen molar-refractivity contribution in [3.8, 4) is 0 Å². The highest BCUT2D eigenvalue weighted by Gasteiger charge is 1.96. The molecule has 1 aromatic heterocycles. The van der Waals surface area contributed by atoms with Gasteiger partial charge in [-0.15, -0.1) is 0 Å².